The number of hydrogen-bond acceptors (Lipinski definition) is 5. The number of nitrogen functional groups attached to an aromatic ring is 1. The molecule has 1 atom stereocenters. The number of aromatic nitrogens is 2. The van der Waals surface area contributed by atoms with Crippen LogP contribution in [0.3, 0.4) is 0 Å². The van der Waals surface area contributed by atoms with Crippen molar-refractivity contribution in [3.05, 3.63) is 18.2 Å². The van der Waals surface area contributed by atoms with Crippen molar-refractivity contribution in [2.45, 2.75) is 18.9 Å². The average Bonchev–Trinajstić information content (AvgIpc) is 2.80. The van der Waals surface area contributed by atoms with Crippen molar-refractivity contribution in [3.8, 4) is 0 Å². The van der Waals surface area contributed by atoms with Gasteiger partial charge in [-0.1, -0.05) is 0 Å². The van der Waals surface area contributed by atoms with E-state index in [1.165, 1.54) is 0 Å². The van der Waals surface area contributed by atoms with E-state index >= 15 is 0 Å². The van der Waals surface area contributed by atoms with Gasteiger partial charge in [-0.05, 0) is 24.6 Å². The highest BCUT2D eigenvalue weighted by molar-refractivity contribution is 6.02. The fourth-order valence-corrected chi connectivity index (χ4v) is 2.49. The Morgan fingerprint density at radius 2 is 2.20 bits per heavy atom. The van der Waals surface area contributed by atoms with E-state index < -0.39 is 6.04 Å². The second-order valence-electron chi connectivity index (χ2n) is 4.93. The zero-order valence-corrected chi connectivity index (χ0v) is 11.0. The van der Waals surface area contributed by atoms with Crippen LogP contribution in [0.25, 0.3) is 10.9 Å². The van der Waals surface area contributed by atoms with Crippen molar-refractivity contribution in [3.63, 3.8) is 0 Å². The molecule has 1 aromatic carbocycles. The third-order valence-corrected chi connectivity index (χ3v) is 3.58. The summed E-state index contributed by atoms with van der Waals surface area (Å²) in [5.41, 5.74) is 7.19. The lowest BCUT2D eigenvalue weighted by Gasteiger charge is -2.29. The standard InChI is InChI=1S/C13H15N5O2/c1-18(10-4-5-11(19)15-13(10)20)12-8-3-2-7(14)6-9(8)16-17-12/h2-3,6,10H,4-5,14H2,1H3,(H,16,17)(H,15,19,20). The highest BCUT2D eigenvalue weighted by Gasteiger charge is 2.31. The maximum absolute atomic E-state index is 11.9. The number of nitrogens with two attached hydrogens (primary N) is 1. The molecule has 1 unspecified atom stereocenters. The van der Waals surface area contributed by atoms with E-state index in [9.17, 15) is 9.59 Å². The molecule has 1 aromatic heterocycles. The number of imide groups is 1. The minimum Gasteiger partial charge on any atom is -0.399 e. The van der Waals surface area contributed by atoms with Crippen LogP contribution in [0.15, 0.2) is 18.2 Å². The molecule has 1 fully saturated rings. The third kappa shape index (κ3) is 1.97. The number of benzene rings is 1. The maximum atomic E-state index is 11.9. The summed E-state index contributed by atoms with van der Waals surface area (Å²) in [6.45, 7) is 0. The van der Waals surface area contributed by atoms with E-state index in [-0.39, 0.29) is 11.8 Å². The van der Waals surface area contributed by atoms with Crippen LogP contribution in [0.2, 0.25) is 0 Å². The number of amides is 2. The van der Waals surface area contributed by atoms with Crippen LogP contribution >= 0.6 is 0 Å². The van der Waals surface area contributed by atoms with Gasteiger partial charge in [0.05, 0.1) is 5.52 Å². The smallest absolute Gasteiger partial charge is 0.249 e. The normalized spacial score (nSPS) is 19.1. The molecule has 2 aromatic rings. The molecule has 4 N–H and O–H groups in total. The van der Waals surface area contributed by atoms with E-state index in [2.05, 4.69) is 15.5 Å². The Balaban J connectivity index is 1.94. The Labute approximate surface area is 115 Å². The van der Waals surface area contributed by atoms with Crippen LogP contribution in [0.5, 0.6) is 0 Å². The zero-order valence-electron chi connectivity index (χ0n) is 11.0. The number of fused-ring (bicyclic) bond motifs is 1. The van der Waals surface area contributed by atoms with Crippen LogP contribution in [-0.4, -0.2) is 35.1 Å². The lowest BCUT2D eigenvalue weighted by molar-refractivity contribution is -0.134. The van der Waals surface area contributed by atoms with Gasteiger partial charge in [0.2, 0.25) is 11.8 Å². The first-order valence-electron chi connectivity index (χ1n) is 6.36. The molecule has 2 amide bonds. The molecule has 1 saturated heterocycles. The fourth-order valence-electron chi connectivity index (χ4n) is 2.49. The number of carbonyl (C=O) groups excluding carboxylic acids is 2. The second kappa shape index (κ2) is 4.52. The van der Waals surface area contributed by atoms with E-state index in [0.717, 1.165) is 10.9 Å². The molecule has 0 radical (unpaired) electrons. The SMILES string of the molecule is CN(c1n[nH]c2cc(N)ccc12)C1CCC(=O)NC1=O. The first-order chi connectivity index (χ1) is 9.56. The van der Waals surface area contributed by atoms with Gasteiger partial charge in [-0.15, -0.1) is 0 Å². The summed E-state index contributed by atoms with van der Waals surface area (Å²) in [4.78, 5) is 24.9. The number of nitrogens with zero attached hydrogens (tertiary/aromatic N) is 2. The lowest BCUT2D eigenvalue weighted by Crippen LogP contribution is -2.51. The van der Waals surface area contributed by atoms with E-state index in [4.69, 9.17) is 5.73 Å². The summed E-state index contributed by atoms with van der Waals surface area (Å²) in [7, 11) is 1.80. The van der Waals surface area contributed by atoms with Gasteiger partial charge in [0.25, 0.3) is 0 Å². The predicted molar refractivity (Wildman–Crippen MR) is 75.1 cm³/mol. The van der Waals surface area contributed by atoms with E-state index in [0.29, 0.717) is 24.3 Å². The highest BCUT2D eigenvalue weighted by atomic mass is 16.2. The van der Waals surface area contributed by atoms with Gasteiger partial charge in [0, 0.05) is 24.5 Å². The minimum atomic E-state index is -0.392. The van der Waals surface area contributed by atoms with Gasteiger partial charge in [0.15, 0.2) is 5.82 Å². The molecule has 3 rings (SSSR count). The van der Waals surface area contributed by atoms with Crippen LogP contribution in [0.4, 0.5) is 11.5 Å². The quantitative estimate of drug-likeness (QED) is 0.542. The number of aromatic amines is 1. The molecular formula is C13H15N5O2. The van der Waals surface area contributed by atoms with Gasteiger partial charge >= 0.3 is 0 Å². The molecule has 20 heavy (non-hydrogen) atoms. The monoisotopic (exact) mass is 273 g/mol. The Morgan fingerprint density at radius 3 is 2.95 bits per heavy atom. The molecule has 0 spiro atoms. The van der Waals surface area contributed by atoms with Crippen LogP contribution in [0.1, 0.15) is 12.8 Å². The van der Waals surface area contributed by atoms with Crippen LogP contribution in [0, 0.1) is 0 Å². The van der Waals surface area contributed by atoms with Gasteiger partial charge in [-0.3, -0.25) is 20.0 Å². The molecule has 0 aliphatic carbocycles. The van der Waals surface area contributed by atoms with Crippen molar-refractivity contribution in [1.29, 1.82) is 0 Å². The van der Waals surface area contributed by atoms with Crippen molar-refractivity contribution in [1.82, 2.24) is 15.5 Å². The predicted octanol–water partition coefficient (Wildman–Crippen LogP) is 0.386. The fraction of sp³-hybridized carbons (Fsp3) is 0.308. The first-order valence-corrected chi connectivity index (χ1v) is 6.36. The molecule has 0 bridgehead atoms. The van der Waals surface area contributed by atoms with Crippen LogP contribution < -0.4 is 16.0 Å². The van der Waals surface area contributed by atoms with Crippen molar-refractivity contribution >= 4 is 34.2 Å². The van der Waals surface area contributed by atoms with E-state index in [1.54, 1.807) is 24.1 Å². The Kier molecular flexibility index (Phi) is 2.81. The Bertz CT molecular complexity index is 693. The molecule has 0 saturated carbocycles. The second-order valence-corrected chi connectivity index (χ2v) is 4.93. The topological polar surface area (TPSA) is 104 Å². The van der Waals surface area contributed by atoms with Gasteiger partial charge in [-0.2, -0.15) is 5.10 Å². The summed E-state index contributed by atoms with van der Waals surface area (Å²) in [6, 6.07) is 5.06. The summed E-state index contributed by atoms with van der Waals surface area (Å²) in [6.07, 6.45) is 0.834. The number of nitrogens with one attached hydrogen (secondary N) is 2. The van der Waals surface area contributed by atoms with Crippen molar-refractivity contribution in [2.75, 3.05) is 17.7 Å². The van der Waals surface area contributed by atoms with Gasteiger partial charge < -0.3 is 10.6 Å². The Hall–Kier alpha value is -2.57. The molecule has 1 aliphatic rings. The summed E-state index contributed by atoms with van der Waals surface area (Å²) in [5, 5.41) is 10.4. The molecule has 7 heteroatoms. The molecule has 2 heterocycles. The Morgan fingerprint density at radius 1 is 1.40 bits per heavy atom. The molecule has 1 aliphatic heterocycles. The number of likely N-dealkylation sites (N-methyl/N-ethyl adjacent to an activating group) is 1. The molecule has 7 nitrogen and oxygen atoms in total. The van der Waals surface area contributed by atoms with Gasteiger partial charge in [-0.25, -0.2) is 0 Å². The summed E-state index contributed by atoms with van der Waals surface area (Å²) in [5.74, 6) is 0.171. The first kappa shape index (κ1) is 12.5. The minimum absolute atomic E-state index is 0.223. The zero-order chi connectivity index (χ0) is 14.3. The third-order valence-electron chi connectivity index (χ3n) is 3.58. The molecular weight excluding hydrogens is 258 g/mol. The number of anilines is 2. The number of H-pyrrole nitrogens is 1. The number of carbonyl (C=O) groups is 2. The van der Waals surface area contributed by atoms with Crippen LogP contribution in [-0.2, 0) is 9.59 Å². The highest BCUT2D eigenvalue weighted by Crippen LogP contribution is 2.27. The van der Waals surface area contributed by atoms with Crippen molar-refractivity contribution in [2.24, 2.45) is 0 Å². The number of hydrogen-bond donors (Lipinski definition) is 3. The maximum Gasteiger partial charge on any atom is 0.249 e. The lowest BCUT2D eigenvalue weighted by atomic mass is 10.0. The van der Waals surface area contributed by atoms with E-state index in [1.807, 2.05) is 6.07 Å². The largest absolute Gasteiger partial charge is 0.399 e. The van der Waals surface area contributed by atoms with Gasteiger partial charge in [0.1, 0.15) is 6.04 Å². The number of rotatable bonds is 2. The summed E-state index contributed by atoms with van der Waals surface area (Å²) < 4.78 is 0. The van der Waals surface area contributed by atoms with Crippen molar-refractivity contribution < 1.29 is 9.59 Å². The number of piperidine rings is 1. The summed E-state index contributed by atoms with van der Waals surface area (Å²) >= 11 is 0. The molecule has 104 valence electrons. The average molecular weight is 273 g/mol.